The van der Waals surface area contributed by atoms with Gasteiger partial charge in [0.2, 0.25) is 0 Å². The van der Waals surface area contributed by atoms with E-state index in [2.05, 4.69) is 0 Å². The van der Waals surface area contributed by atoms with Gasteiger partial charge in [-0.2, -0.15) is 0 Å². The van der Waals surface area contributed by atoms with E-state index in [-0.39, 0.29) is 0 Å². The van der Waals surface area contributed by atoms with Crippen molar-refractivity contribution in [3.8, 4) is 5.75 Å². The average Bonchev–Trinajstić information content (AvgIpc) is 2.73. The molecule has 2 aromatic rings. The molecule has 0 fully saturated rings. The maximum Gasteiger partial charge on any atom is 0.125 e. The van der Waals surface area contributed by atoms with Crippen LogP contribution in [0.5, 0.6) is 5.75 Å². The third kappa shape index (κ3) is 3.25. The van der Waals surface area contributed by atoms with Gasteiger partial charge >= 0.3 is 0 Å². The lowest BCUT2D eigenvalue weighted by Gasteiger charge is -2.13. The molecule has 0 amide bonds. The number of aliphatic hydroxyl groups is 1. The molecule has 0 saturated heterocycles. The van der Waals surface area contributed by atoms with Gasteiger partial charge in [0.1, 0.15) is 12.4 Å². The number of benzene rings is 1. The summed E-state index contributed by atoms with van der Waals surface area (Å²) in [5, 5.41) is 9.73. The van der Waals surface area contributed by atoms with Crippen LogP contribution in [0.2, 0.25) is 4.34 Å². The molecule has 1 N–H and O–H groups in total. The first kappa shape index (κ1) is 13.4. The number of thiophene rings is 1. The van der Waals surface area contributed by atoms with Crippen LogP contribution >= 0.6 is 22.9 Å². The number of rotatable bonds is 4. The first-order valence-corrected chi connectivity index (χ1v) is 6.91. The fourth-order valence-corrected chi connectivity index (χ4v) is 2.70. The molecule has 0 radical (unpaired) electrons. The van der Waals surface area contributed by atoms with Crippen molar-refractivity contribution in [3.05, 3.63) is 50.7 Å². The second-order valence-corrected chi connectivity index (χ2v) is 6.01. The van der Waals surface area contributed by atoms with Crippen LogP contribution in [-0.2, 0) is 6.61 Å². The van der Waals surface area contributed by atoms with E-state index < -0.39 is 6.10 Å². The molecular weight excluding hydrogens is 268 g/mol. The molecule has 1 aromatic heterocycles. The molecule has 18 heavy (non-hydrogen) atoms. The van der Waals surface area contributed by atoms with Gasteiger partial charge in [-0.1, -0.05) is 23.2 Å². The molecule has 1 atom stereocenters. The first-order chi connectivity index (χ1) is 8.56. The fourth-order valence-electron chi connectivity index (χ4n) is 1.70. The van der Waals surface area contributed by atoms with Gasteiger partial charge in [0.05, 0.1) is 10.4 Å². The highest BCUT2D eigenvalue weighted by atomic mass is 35.5. The van der Waals surface area contributed by atoms with E-state index in [1.165, 1.54) is 11.3 Å². The molecule has 2 nitrogen and oxygen atoms in total. The Kier molecular flexibility index (Phi) is 4.27. The third-order valence-electron chi connectivity index (χ3n) is 2.61. The lowest BCUT2D eigenvalue weighted by molar-refractivity contribution is 0.190. The van der Waals surface area contributed by atoms with Crippen LogP contribution in [0.25, 0.3) is 0 Å². The van der Waals surface area contributed by atoms with Gasteiger partial charge in [-0.25, -0.2) is 0 Å². The van der Waals surface area contributed by atoms with Crippen LogP contribution in [-0.4, -0.2) is 5.11 Å². The van der Waals surface area contributed by atoms with E-state index >= 15 is 0 Å². The van der Waals surface area contributed by atoms with Crippen molar-refractivity contribution in [2.24, 2.45) is 0 Å². The van der Waals surface area contributed by atoms with Crippen LogP contribution in [0.15, 0.2) is 30.3 Å². The summed E-state index contributed by atoms with van der Waals surface area (Å²) in [6.45, 7) is 4.21. The van der Waals surface area contributed by atoms with Crippen molar-refractivity contribution in [1.29, 1.82) is 0 Å². The summed E-state index contributed by atoms with van der Waals surface area (Å²) in [6.07, 6.45) is -0.535. The quantitative estimate of drug-likeness (QED) is 0.904. The maximum absolute atomic E-state index is 9.73. The number of aryl methyl sites for hydroxylation is 1. The van der Waals surface area contributed by atoms with Gasteiger partial charge in [0.15, 0.2) is 0 Å². The van der Waals surface area contributed by atoms with Gasteiger partial charge in [-0.3, -0.25) is 0 Å². The zero-order chi connectivity index (χ0) is 13.1. The molecule has 0 saturated carbocycles. The minimum absolute atomic E-state index is 0.472. The SMILES string of the molecule is Cc1ccc(OCc2ccc(Cl)s2)c([C@H](C)O)c1. The highest BCUT2D eigenvalue weighted by Gasteiger charge is 2.10. The second-order valence-electron chi connectivity index (χ2n) is 4.21. The minimum atomic E-state index is -0.535. The molecule has 96 valence electrons. The van der Waals surface area contributed by atoms with Gasteiger partial charge in [-0.05, 0) is 38.1 Å². The minimum Gasteiger partial charge on any atom is -0.488 e. The number of halogens is 1. The zero-order valence-corrected chi connectivity index (χ0v) is 11.9. The average molecular weight is 283 g/mol. The molecule has 0 bridgehead atoms. The normalized spacial score (nSPS) is 12.4. The molecule has 1 heterocycles. The van der Waals surface area contributed by atoms with Crippen LogP contribution in [0.1, 0.15) is 29.0 Å². The Morgan fingerprint density at radius 2 is 2.11 bits per heavy atom. The largest absolute Gasteiger partial charge is 0.488 e. The maximum atomic E-state index is 9.73. The third-order valence-corrected chi connectivity index (χ3v) is 3.82. The van der Waals surface area contributed by atoms with Crippen molar-refractivity contribution >= 4 is 22.9 Å². The lowest BCUT2D eigenvalue weighted by atomic mass is 10.1. The van der Waals surface area contributed by atoms with Gasteiger partial charge in [-0.15, -0.1) is 11.3 Å². The van der Waals surface area contributed by atoms with E-state index in [0.717, 1.165) is 26.1 Å². The summed E-state index contributed by atoms with van der Waals surface area (Å²) < 4.78 is 6.50. The summed E-state index contributed by atoms with van der Waals surface area (Å²) in [6, 6.07) is 9.62. The van der Waals surface area contributed by atoms with E-state index in [4.69, 9.17) is 16.3 Å². The molecule has 0 aliphatic rings. The Bertz CT molecular complexity index is 534. The first-order valence-electron chi connectivity index (χ1n) is 5.72. The zero-order valence-electron chi connectivity index (χ0n) is 10.3. The number of ether oxygens (including phenoxy) is 1. The van der Waals surface area contributed by atoms with Crippen LogP contribution < -0.4 is 4.74 Å². The molecule has 0 aliphatic carbocycles. The Hall–Kier alpha value is -1.03. The Morgan fingerprint density at radius 3 is 2.72 bits per heavy atom. The van der Waals surface area contributed by atoms with Crippen LogP contribution in [0, 0.1) is 6.92 Å². The summed E-state index contributed by atoms with van der Waals surface area (Å²) in [5.74, 6) is 0.722. The number of hydrogen-bond donors (Lipinski definition) is 1. The molecular formula is C14H15ClO2S. The summed E-state index contributed by atoms with van der Waals surface area (Å²) in [4.78, 5) is 1.07. The molecule has 2 rings (SSSR count). The summed E-state index contributed by atoms with van der Waals surface area (Å²) >= 11 is 7.37. The van der Waals surface area contributed by atoms with Crippen molar-refractivity contribution in [3.63, 3.8) is 0 Å². The smallest absolute Gasteiger partial charge is 0.125 e. The number of hydrogen-bond acceptors (Lipinski definition) is 3. The van der Waals surface area contributed by atoms with Crippen molar-refractivity contribution in [2.45, 2.75) is 26.6 Å². The van der Waals surface area contributed by atoms with E-state index in [9.17, 15) is 5.11 Å². The van der Waals surface area contributed by atoms with Crippen molar-refractivity contribution in [1.82, 2.24) is 0 Å². The Balaban J connectivity index is 2.13. The highest BCUT2D eigenvalue weighted by Crippen LogP contribution is 2.28. The fraction of sp³-hybridized carbons (Fsp3) is 0.286. The summed E-state index contributed by atoms with van der Waals surface area (Å²) in [7, 11) is 0. The van der Waals surface area contributed by atoms with Crippen LogP contribution in [0.4, 0.5) is 0 Å². The molecule has 0 spiro atoms. The van der Waals surface area contributed by atoms with E-state index in [1.54, 1.807) is 6.92 Å². The van der Waals surface area contributed by atoms with Crippen LogP contribution in [0.3, 0.4) is 0 Å². The highest BCUT2D eigenvalue weighted by molar-refractivity contribution is 7.16. The topological polar surface area (TPSA) is 29.5 Å². The van der Waals surface area contributed by atoms with E-state index in [0.29, 0.717) is 6.61 Å². The van der Waals surface area contributed by atoms with Crippen molar-refractivity contribution < 1.29 is 9.84 Å². The molecule has 0 aliphatic heterocycles. The number of aliphatic hydroxyl groups excluding tert-OH is 1. The summed E-state index contributed by atoms with van der Waals surface area (Å²) in [5.41, 5.74) is 1.93. The molecule has 4 heteroatoms. The van der Waals surface area contributed by atoms with Gasteiger partial charge in [0, 0.05) is 10.4 Å². The Morgan fingerprint density at radius 1 is 1.33 bits per heavy atom. The standard InChI is InChI=1S/C14H15ClO2S/c1-9-3-5-13(12(7-9)10(2)16)17-8-11-4-6-14(15)18-11/h3-7,10,16H,8H2,1-2H3/t10-/m0/s1. The monoisotopic (exact) mass is 282 g/mol. The predicted octanol–water partition coefficient (Wildman–Crippen LogP) is 4.34. The van der Waals surface area contributed by atoms with Gasteiger partial charge in [0.25, 0.3) is 0 Å². The lowest BCUT2D eigenvalue weighted by Crippen LogP contribution is -2.00. The second kappa shape index (κ2) is 5.74. The van der Waals surface area contributed by atoms with Crippen molar-refractivity contribution in [2.75, 3.05) is 0 Å². The Labute approximate surface area is 116 Å². The predicted molar refractivity (Wildman–Crippen MR) is 75.5 cm³/mol. The molecule has 0 unspecified atom stereocenters. The van der Waals surface area contributed by atoms with Gasteiger partial charge < -0.3 is 9.84 Å². The molecule has 1 aromatic carbocycles. The van der Waals surface area contributed by atoms with E-state index in [1.807, 2.05) is 37.3 Å².